The number of nitriles is 1. The molecule has 0 saturated carbocycles. The van der Waals surface area contributed by atoms with Crippen LogP contribution in [0.3, 0.4) is 0 Å². The van der Waals surface area contributed by atoms with E-state index >= 15 is 0 Å². The van der Waals surface area contributed by atoms with Gasteiger partial charge in [0.15, 0.2) is 0 Å². The molecule has 0 fully saturated rings. The Labute approximate surface area is 126 Å². The molecule has 0 aromatic rings. The highest BCUT2D eigenvalue weighted by Crippen LogP contribution is 2.12. The van der Waals surface area contributed by atoms with Crippen molar-refractivity contribution in [1.29, 1.82) is 5.26 Å². The number of nitrogens with one attached hydrogen (secondary N) is 1. The van der Waals surface area contributed by atoms with E-state index < -0.39 is 0 Å². The van der Waals surface area contributed by atoms with Crippen LogP contribution >= 0.6 is 0 Å². The lowest BCUT2D eigenvalue weighted by Crippen LogP contribution is -2.42. The summed E-state index contributed by atoms with van der Waals surface area (Å²) < 4.78 is 0. The maximum absolute atomic E-state index is 9.32. The second-order valence-corrected chi connectivity index (χ2v) is 6.12. The minimum absolute atomic E-state index is 0.366. The fourth-order valence-electron chi connectivity index (χ4n) is 2.23. The quantitative estimate of drug-likeness (QED) is 0.596. The van der Waals surface area contributed by atoms with Crippen LogP contribution < -0.4 is 5.32 Å². The van der Waals surface area contributed by atoms with Crippen molar-refractivity contribution in [2.45, 2.75) is 52.0 Å². The largest absolute Gasteiger partial charge is 0.308 e. The molecular formula is C16H34N4. The topological polar surface area (TPSA) is 42.3 Å². The third kappa shape index (κ3) is 9.30. The molecule has 0 radical (unpaired) electrons. The number of hydrogen-bond acceptors (Lipinski definition) is 4. The average molecular weight is 282 g/mol. The molecule has 4 heteroatoms. The summed E-state index contributed by atoms with van der Waals surface area (Å²) in [5, 5.41) is 12.7. The molecule has 0 spiro atoms. The van der Waals surface area contributed by atoms with Crippen LogP contribution in [0.1, 0.15) is 46.5 Å². The first-order chi connectivity index (χ1) is 9.47. The van der Waals surface area contributed by atoms with Gasteiger partial charge in [-0.25, -0.2) is 0 Å². The Balaban J connectivity index is 4.10. The highest BCUT2D eigenvalue weighted by molar-refractivity contribution is 5.03. The van der Waals surface area contributed by atoms with Crippen molar-refractivity contribution >= 4 is 0 Å². The van der Waals surface area contributed by atoms with Gasteiger partial charge in [0, 0.05) is 13.1 Å². The minimum atomic E-state index is -0.366. The number of rotatable bonds is 12. The zero-order chi connectivity index (χ0) is 15.4. The van der Waals surface area contributed by atoms with Crippen LogP contribution in [0.25, 0.3) is 0 Å². The molecule has 4 nitrogen and oxygen atoms in total. The molecule has 0 bridgehead atoms. The van der Waals surface area contributed by atoms with Crippen LogP contribution in [-0.2, 0) is 0 Å². The van der Waals surface area contributed by atoms with Crippen molar-refractivity contribution in [3.8, 4) is 6.07 Å². The van der Waals surface area contributed by atoms with E-state index in [0.717, 1.165) is 52.0 Å². The van der Waals surface area contributed by atoms with E-state index in [0.29, 0.717) is 0 Å². The summed E-state index contributed by atoms with van der Waals surface area (Å²) >= 11 is 0. The lowest BCUT2D eigenvalue weighted by Gasteiger charge is -2.27. The SMILES string of the molecule is CCCNC(C)(C#N)CCCN(CCC)CCN(C)C. The van der Waals surface area contributed by atoms with Gasteiger partial charge in [-0.15, -0.1) is 0 Å². The Morgan fingerprint density at radius 1 is 1.05 bits per heavy atom. The Morgan fingerprint density at radius 3 is 2.25 bits per heavy atom. The molecule has 0 aliphatic heterocycles. The van der Waals surface area contributed by atoms with E-state index in [1.54, 1.807) is 0 Å². The van der Waals surface area contributed by atoms with Crippen molar-refractivity contribution in [3.63, 3.8) is 0 Å². The number of nitrogens with zero attached hydrogens (tertiary/aromatic N) is 3. The molecule has 0 aromatic carbocycles. The van der Waals surface area contributed by atoms with Crippen LogP contribution in [0.2, 0.25) is 0 Å². The van der Waals surface area contributed by atoms with Gasteiger partial charge >= 0.3 is 0 Å². The van der Waals surface area contributed by atoms with Gasteiger partial charge in [0.2, 0.25) is 0 Å². The number of hydrogen-bond donors (Lipinski definition) is 1. The van der Waals surface area contributed by atoms with Crippen LogP contribution in [0.15, 0.2) is 0 Å². The lowest BCUT2D eigenvalue weighted by atomic mass is 9.97. The second-order valence-electron chi connectivity index (χ2n) is 6.12. The lowest BCUT2D eigenvalue weighted by molar-refractivity contribution is 0.230. The summed E-state index contributed by atoms with van der Waals surface area (Å²) in [5.41, 5.74) is -0.366. The van der Waals surface area contributed by atoms with E-state index in [4.69, 9.17) is 0 Å². The molecule has 20 heavy (non-hydrogen) atoms. The van der Waals surface area contributed by atoms with E-state index in [1.165, 1.54) is 6.42 Å². The molecule has 0 aliphatic carbocycles. The van der Waals surface area contributed by atoms with Gasteiger partial charge in [-0.2, -0.15) is 5.26 Å². The predicted molar refractivity (Wildman–Crippen MR) is 86.8 cm³/mol. The molecule has 1 atom stereocenters. The monoisotopic (exact) mass is 282 g/mol. The highest BCUT2D eigenvalue weighted by Gasteiger charge is 2.22. The summed E-state index contributed by atoms with van der Waals surface area (Å²) in [4.78, 5) is 4.74. The van der Waals surface area contributed by atoms with Crippen LogP contribution in [-0.4, -0.2) is 62.2 Å². The van der Waals surface area contributed by atoms with Crippen LogP contribution in [0.4, 0.5) is 0 Å². The summed E-state index contributed by atoms with van der Waals surface area (Å²) in [6.07, 6.45) is 4.26. The first-order valence-corrected chi connectivity index (χ1v) is 8.00. The molecule has 0 aliphatic rings. The molecule has 1 N–H and O–H groups in total. The van der Waals surface area contributed by atoms with E-state index in [1.807, 2.05) is 6.92 Å². The van der Waals surface area contributed by atoms with Crippen LogP contribution in [0, 0.1) is 11.3 Å². The van der Waals surface area contributed by atoms with Gasteiger partial charge in [0.1, 0.15) is 5.54 Å². The van der Waals surface area contributed by atoms with Crippen molar-refractivity contribution < 1.29 is 0 Å². The summed E-state index contributed by atoms with van der Waals surface area (Å²) in [5.74, 6) is 0. The van der Waals surface area contributed by atoms with Crippen molar-refractivity contribution in [2.24, 2.45) is 0 Å². The fourth-order valence-corrected chi connectivity index (χ4v) is 2.23. The van der Waals surface area contributed by atoms with Gasteiger partial charge in [-0.3, -0.25) is 5.32 Å². The van der Waals surface area contributed by atoms with Crippen molar-refractivity contribution in [2.75, 3.05) is 46.8 Å². The van der Waals surface area contributed by atoms with Crippen LogP contribution in [0.5, 0.6) is 0 Å². The van der Waals surface area contributed by atoms with Crippen molar-refractivity contribution in [1.82, 2.24) is 15.1 Å². The Bertz CT molecular complexity index is 272. The molecule has 1 unspecified atom stereocenters. The van der Waals surface area contributed by atoms with Gasteiger partial charge in [-0.05, 0) is 66.3 Å². The van der Waals surface area contributed by atoms with E-state index in [9.17, 15) is 5.26 Å². The van der Waals surface area contributed by atoms with Gasteiger partial charge in [-0.1, -0.05) is 13.8 Å². The second kappa shape index (κ2) is 11.1. The molecule has 0 amide bonds. The maximum Gasteiger partial charge on any atom is 0.103 e. The molecule has 118 valence electrons. The normalized spacial score (nSPS) is 14.5. The summed E-state index contributed by atoms with van der Waals surface area (Å²) in [7, 11) is 4.23. The van der Waals surface area contributed by atoms with Crippen molar-refractivity contribution in [3.05, 3.63) is 0 Å². The third-order valence-corrected chi connectivity index (χ3v) is 3.57. The fraction of sp³-hybridized carbons (Fsp3) is 0.938. The van der Waals surface area contributed by atoms with Gasteiger partial charge < -0.3 is 9.80 Å². The molecule has 0 saturated heterocycles. The zero-order valence-electron chi connectivity index (χ0n) is 14.2. The first kappa shape index (κ1) is 19.4. The summed E-state index contributed by atoms with van der Waals surface area (Å²) in [6.45, 7) is 11.8. The van der Waals surface area contributed by atoms with Gasteiger partial charge in [0.05, 0.1) is 6.07 Å². The Morgan fingerprint density at radius 2 is 1.75 bits per heavy atom. The maximum atomic E-state index is 9.32. The standard InChI is InChI=1S/C16H34N4/c1-6-10-18-16(3,15-17)9-8-12-20(11-7-2)14-13-19(4)5/h18H,6-14H2,1-5H3. The molecular weight excluding hydrogens is 248 g/mol. The Kier molecular flexibility index (Phi) is 10.7. The Hall–Kier alpha value is -0.630. The zero-order valence-corrected chi connectivity index (χ0v) is 14.2. The highest BCUT2D eigenvalue weighted by atomic mass is 15.2. The van der Waals surface area contributed by atoms with E-state index in [-0.39, 0.29) is 5.54 Å². The average Bonchev–Trinajstić information content (AvgIpc) is 2.42. The summed E-state index contributed by atoms with van der Waals surface area (Å²) in [6, 6.07) is 2.43. The molecule has 0 aromatic heterocycles. The first-order valence-electron chi connectivity index (χ1n) is 8.00. The predicted octanol–water partition coefficient (Wildman–Crippen LogP) is 2.32. The third-order valence-electron chi connectivity index (χ3n) is 3.57. The molecule has 0 rings (SSSR count). The van der Waals surface area contributed by atoms with E-state index in [2.05, 4.69) is 49.1 Å². The minimum Gasteiger partial charge on any atom is -0.308 e. The smallest absolute Gasteiger partial charge is 0.103 e. The molecule has 0 heterocycles. The van der Waals surface area contributed by atoms with Gasteiger partial charge in [0.25, 0.3) is 0 Å². The number of likely N-dealkylation sites (N-methyl/N-ethyl adjacent to an activating group) is 1.